The highest BCUT2D eigenvalue weighted by Crippen LogP contribution is 2.57. The maximum Gasteiger partial charge on any atom is 0.331 e. The largest absolute Gasteiger partial charge is 0.508 e. The van der Waals surface area contributed by atoms with Crippen molar-refractivity contribution in [1.29, 1.82) is 0 Å². The van der Waals surface area contributed by atoms with Gasteiger partial charge in [0.25, 0.3) is 0 Å². The van der Waals surface area contributed by atoms with Gasteiger partial charge in [0.2, 0.25) is 0 Å². The first-order valence-corrected chi connectivity index (χ1v) is 14.5. The zero-order valence-electron chi connectivity index (χ0n) is 19.8. The molecule has 1 aromatic carbocycles. The van der Waals surface area contributed by atoms with Crippen LogP contribution >= 0.6 is 15.2 Å². The maximum absolute atomic E-state index is 12.7. The Balaban J connectivity index is 1.74. The van der Waals surface area contributed by atoms with Crippen LogP contribution in [0.15, 0.2) is 12.1 Å². The van der Waals surface area contributed by atoms with Crippen molar-refractivity contribution in [3.63, 3.8) is 0 Å². The van der Waals surface area contributed by atoms with Crippen molar-refractivity contribution < 1.29 is 37.4 Å². The lowest BCUT2D eigenvalue weighted by molar-refractivity contribution is 0.255. The van der Waals surface area contributed by atoms with Crippen LogP contribution in [-0.2, 0) is 38.1 Å². The van der Waals surface area contributed by atoms with E-state index in [1.807, 2.05) is 41.5 Å². The summed E-state index contributed by atoms with van der Waals surface area (Å²) in [6, 6.07) is 3.13. The third kappa shape index (κ3) is 5.78. The van der Waals surface area contributed by atoms with Gasteiger partial charge in [-0.25, -0.2) is 0 Å². The average molecular weight is 490 g/mol. The first kappa shape index (κ1) is 25.7. The van der Waals surface area contributed by atoms with E-state index in [1.165, 1.54) is 0 Å². The minimum Gasteiger partial charge on any atom is -0.508 e. The molecule has 0 aromatic heterocycles. The molecule has 4 atom stereocenters. The van der Waals surface area contributed by atoms with Crippen molar-refractivity contribution in [3.05, 3.63) is 23.3 Å². The Bertz CT molecular complexity index is 866. The van der Waals surface area contributed by atoms with Crippen LogP contribution < -0.4 is 0 Å². The van der Waals surface area contributed by atoms with Gasteiger partial charge < -0.3 is 28.3 Å². The Labute approximate surface area is 190 Å². The predicted molar refractivity (Wildman–Crippen MR) is 123 cm³/mol. The van der Waals surface area contributed by atoms with E-state index in [4.69, 9.17) is 18.1 Å². The summed E-state index contributed by atoms with van der Waals surface area (Å²) in [5.41, 5.74) is -0.0474. The summed E-state index contributed by atoms with van der Waals surface area (Å²) in [5.74, 6) is 0.0915. The van der Waals surface area contributed by atoms with E-state index >= 15 is 0 Å². The highest BCUT2D eigenvalue weighted by molar-refractivity contribution is 7.54. The van der Waals surface area contributed by atoms with Crippen LogP contribution in [-0.4, -0.2) is 48.0 Å². The third-order valence-electron chi connectivity index (χ3n) is 6.29. The Morgan fingerprint density at radius 3 is 1.44 bits per heavy atom. The molecule has 0 bridgehead atoms. The van der Waals surface area contributed by atoms with Gasteiger partial charge in [-0.05, 0) is 49.7 Å². The van der Waals surface area contributed by atoms with Gasteiger partial charge in [0.05, 0.1) is 37.7 Å². The van der Waals surface area contributed by atoms with E-state index in [0.717, 1.165) is 0 Å². The molecule has 4 unspecified atom stereocenters. The number of benzene rings is 1. The molecule has 182 valence electrons. The molecule has 3 rings (SSSR count). The molecule has 0 spiro atoms. The summed E-state index contributed by atoms with van der Waals surface area (Å²) >= 11 is 0. The summed E-state index contributed by atoms with van der Waals surface area (Å²) in [5, 5.41) is 21.7. The van der Waals surface area contributed by atoms with Crippen molar-refractivity contribution in [2.24, 2.45) is 0 Å². The van der Waals surface area contributed by atoms with E-state index in [2.05, 4.69) is 0 Å². The lowest BCUT2D eigenvalue weighted by atomic mass is 9.77. The Morgan fingerprint density at radius 2 is 1.16 bits per heavy atom. The molecule has 0 aliphatic carbocycles. The van der Waals surface area contributed by atoms with Gasteiger partial charge in [-0.3, -0.25) is 9.13 Å². The first-order valence-electron chi connectivity index (χ1n) is 11.1. The second kappa shape index (κ2) is 9.05. The van der Waals surface area contributed by atoms with Crippen molar-refractivity contribution in [1.82, 2.24) is 0 Å². The van der Waals surface area contributed by atoms with E-state index in [-0.39, 0.29) is 36.0 Å². The van der Waals surface area contributed by atoms with Crippen LogP contribution in [0.1, 0.15) is 65.5 Å². The van der Waals surface area contributed by atoms with Crippen LogP contribution in [0.25, 0.3) is 0 Å². The summed E-state index contributed by atoms with van der Waals surface area (Å²) in [7, 11) is -6.26. The number of phenols is 2. The molecule has 0 radical (unpaired) electrons. The molecular weight excluding hydrogens is 454 g/mol. The number of rotatable bonds is 8. The zero-order chi connectivity index (χ0) is 23.9. The molecule has 2 N–H and O–H groups in total. The van der Waals surface area contributed by atoms with E-state index in [0.29, 0.717) is 37.2 Å². The average Bonchev–Trinajstić information content (AvgIpc) is 3.22. The van der Waals surface area contributed by atoms with Crippen molar-refractivity contribution >= 4 is 15.2 Å². The summed E-state index contributed by atoms with van der Waals surface area (Å²) < 4.78 is 47.0. The van der Waals surface area contributed by atoms with Gasteiger partial charge in [-0.1, -0.05) is 27.7 Å². The molecular formula is C22H36O8P2. The molecule has 0 saturated carbocycles. The Hall–Kier alpha value is -0.880. The van der Waals surface area contributed by atoms with Crippen molar-refractivity contribution in [3.8, 4) is 11.5 Å². The normalized spacial score (nSPS) is 31.3. The molecule has 2 saturated heterocycles. The number of aromatic hydroxyl groups is 2. The predicted octanol–water partition coefficient (Wildman–Crippen LogP) is 5.69. The molecule has 2 aliphatic rings. The second-order valence-electron chi connectivity index (χ2n) is 10.2. The van der Waals surface area contributed by atoms with Crippen LogP contribution in [0.5, 0.6) is 11.5 Å². The highest BCUT2D eigenvalue weighted by Gasteiger charge is 2.39. The minimum atomic E-state index is -3.13. The fourth-order valence-corrected chi connectivity index (χ4v) is 8.45. The van der Waals surface area contributed by atoms with Crippen molar-refractivity contribution in [2.45, 2.75) is 77.4 Å². The molecule has 8 nitrogen and oxygen atoms in total. The molecule has 1 aromatic rings. The Kier molecular flexibility index (Phi) is 7.28. The van der Waals surface area contributed by atoms with Crippen LogP contribution in [0.3, 0.4) is 0 Å². The van der Waals surface area contributed by atoms with E-state index in [1.54, 1.807) is 12.1 Å². The minimum absolute atomic E-state index is 0.0457. The zero-order valence-corrected chi connectivity index (χ0v) is 21.6. The van der Waals surface area contributed by atoms with Crippen LogP contribution in [0, 0.1) is 0 Å². The van der Waals surface area contributed by atoms with Gasteiger partial charge in [-0.15, -0.1) is 0 Å². The topological polar surface area (TPSA) is 112 Å². The molecule has 2 heterocycles. The van der Waals surface area contributed by atoms with E-state index < -0.39 is 26.0 Å². The lowest BCUT2D eigenvalue weighted by Gasteiger charge is -2.31. The number of hydrogen-bond acceptors (Lipinski definition) is 8. The smallest absolute Gasteiger partial charge is 0.331 e. The Morgan fingerprint density at radius 1 is 0.812 bits per heavy atom. The highest BCUT2D eigenvalue weighted by atomic mass is 31.2. The molecule has 32 heavy (non-hydrogen) atoms. The fraction of sp³-hybridized carbons (Fsp3) is 0.727. The SMILES string of the molecule is CC1COP(=O)(CCC(C)(C)c2cc(O)c(C(C)(C)CCP3(=O)OCC(C)O3)cc2O)O1. The van der Waals surface area contributed by atoms with Gasteiger partial charge in [0.15, 0.2) is 0 Å². The van der Waals surface area contributed by atoms with Gasteiger partial charge >= 0.3 is 15.2 Å². The summed E-state index contributed by atoms with van der Waals surface area (Å²) in [6.07, 6.45) is 0.964. The molecule has 0 amide bonds. The third-order valence-corrected chi connectivity index (χ3v) is 10.3. The van der Waals surface area contributed by atoms with Gasteiger partial charge in [0, 0.05) is 11.1 Å². The van der Waals surface area contributed by atoms with Gasteiger partial charge in [-0.2, -0.15) is 0 Å². The van der Waals surface area contributed by atoms with Crippen molar-refractivity contribution in [2.75, 3.05) is 25.5 Å². The van der Waals surface area contributed by atoms with Gasteiger partial charge in [0.1, 0.15) is 11.5 Å². The first-order chi connectivity index (χ1) is 14.6. The lowest BCUT2D eigenvalue weighted by Crippen LogP contribution is -2.22. The molecule has 2 aliphatic heterocycles. The van der Waals surface area contributed by atoms with E-state index in [9.17, 15) is 19.3 Å². The van der Waals surface area contributed by atoms with Crippen LogP contribution in [0.2, 0.25) is 0 Å². The quantitative estimate of drug-likeness (QED) is 0.353. The molecule has 10 heteroatoms. The number of phenolic OH excluding ortho intramolecular Hbond substituents is 2. The molecule has 2 fully saturated rings. The maximum atomic E-state index is 12.7. The standard InChI is InChI=1S/C22H36O8P2/c1-15-13-27-31(25,29-15)9-7-21(3,4)17-11-20(24)18(12-19(17)23)22(5,6)8-10-32(26)28-14-16(2)30-32/h11-12,15-16,23-24H,7-10,13-14H2,1-6H3. The summed E-state index contributed by atoms with van der Waals surface area (Å²) in [6.45, 7) is 11.9. The van der Waals surface area contributed by atoms with Crippen LogP contribution in [0.4, 0.5) is 0 Å². The summed E-state index contributed by atoms with van der Waals surface area (Å²) in [4.78, 5) is 0. The monoisotopic (exact) mass is 490 g/mol. The number of hydrogen-bond donors (Lipinski definition) is 2. The second-order valence-corrected chi connectivity index (χ2v) is 14.5. The fourth-order valence-electron chi connectivity index (χ4n) is 4.10.